The number of carbonyl (C=O) groups excluding carboxylic acids is 2. The van der Waals surface area contributed by atoms with Gasteiger partial charge in [0.1, 0.15) is 39.3 Å². The first kappa shape index (κ1) is 22.2. The first-order chi connectivity index (χ1) is 14.1. The number of benzene rings is 1. The number of hydrogen-bond donors (Lipinski definition) is 3. The number of carbonyl (C=O) groups is 2. The molecule has 1 saturated heterocycles. The van der Waals surface area contributed by atoms with Gasteiger partial charge >= 0.3 is 6.18 Å². The number of nitrogens with one attached hydrogen (secondary N) is 3. The lowest BCUT2D eigenvalue weighted by atomic mass is 10.1. The van der Waals surface area contributed by atoms with Crippen LogP contribution in [0.3, 0.4) is 0 Å². The summed E-state index contributed by atoms with van der Waals surface area (Å²) in [5.41, 5.74) is 2.57. The van der Waals surface area contributed by atoms with Gasteiger partial charge in [-0.1, -0.05) is 12.1 Å². The van der Waals surface area contributed by atoms with Crippen molar-refractivity contribution in [3.8, 4) is 0 Å². The van der Waals surface area contributed by atoms with E-state index in [9.17, 15) is 22.8 Å². The molecule has 0 unspecified atom stereocenters. The number of quaternary nitrogens is 2. The van der Waals surface area contributed by atoms with Crippen LogP contribution in [0.25, 0.3) is 0 Å². The van der Waals surface area contributed by atoms with E-state index in [2.05, 4.69) is 4.98 Å². The summed E-state index contributed by atoms with van der Waals surface area (Å²) >= 11 is 0. The van der Waals surface area contributed by atoms with Gasteiger partial charge in [0.15, 0.2) is 5.78 Å². The lowest BCUT2D eigenvalue weighted by Gasteiger charge is -2.29. The predicted molar refractivity (Wildman–Crippen MR) is 106 cm³/mol. The largest absolute Gasteiger partial charge is 0.416 e. The zero-order valence-electron chi connectivity index (χ0n) is 17.5. The van der Waals surface area contributed by atoms with Gasteiger partial charge in [0.25, 0.3) is 0 Å². The van der Waals surface area contributed by atoms with Gasteiger partial charge in [0.2, 0.25) is 5.78 Å². The number of alkyl halides is 3. The van der Waals surface area contributed by atoms with Gasteiger partial charge in [-0.25, -0.2) is 0 Å². The van der Waals surface area contributed by atoms with Gasteiger partial charge in [-0.3, -0.25) is 9.59 Å². The molecule has 3 N–H and O–H groups in total. The van der Waals surface area contributed by atoms with Crippen molar-refractivity contribution in [2.45, 2.75) is 33.5 Å². The van der Waals surface area contributed by atoms with E-state index in [1.54, 1.807) is 19.9 Å². The maximum atomic E-state index is 12.9. The zero-order chi connectivity index (χ0) is 22.1. The van der Waals surface area contributed by atoms with Crippen LogP contribution >= 0.6 is 0 Å². The fourth-order valence-corrected chi connectivity index (χ4v) is 4.33. The predicted octanol–water partition coefficient (Wildman–Crippen LogP) is 1.02. The molecule has 0 atom stereocenters. The average molecular weight is 423 g/mol. The molecule has 1 aliphatic heterocycles. The van der Waals surface area contributed by atoms with Crippen LogP contribution in [0.2, 0.25) is 0 Å². The molecule has 0 radical (unpaired) electrons. The number of aromatic nitrogens is 1. The molecular weight excluding hydrogens is 395 g/mol. The number of piperazine rings is 1. The van der Waals surface area contributed by atoms with E-state index in [0.29, 0.717) is 41.2 Å². The molecule has 30 heavy (non-hydrogen) atoms. The Bertz CT molecular complexity index is 942. The molecule has 3 rings (SSSR count). The van der Waals surface area contributed by atoms with Gasteiger partial charge in [0.05, 0.1) is 11.3 Å². The second-order valence-corrected chi connectivity index (χ2v) is 8.16. The molecular formula is C22H28F3N3O2+2. The fourth-order valence-electron chi connectivity index (χ4n) is 4.33. The Kier molecular flexibility index (Phi) is 6.47. The highest BCUT2D eigenvalue weighted by Gasteiger charge is 2.31. The van der Waals surface area contributed by atoms with Gasteiger partial charge in [-0.15, -0.1) is 0 Å². The summed E-state index contributed by atoms with van der Waals surface area (Å²) in [6.07, 6.45) is -4.33. The first-order valence-electron chi connectivity index (χ1n) is 10.1. The molecule has 8 heteroatoms. The maximum absolute atomic E-state index is 12.9. The van der Waals surface area contributed by atoms with E-state index >= 15 is 0 Å². The summed E-state index contributed by atoms with van der Waals surface area (Å²) in [5.74, 6) is -0.0705. The zero-order valence-corrected chi connectivity index (χ0v) is 17.5. The van der Waals surface area contributed by atoms with Crippen LogP contribution in [-0.4, -0.2) is 49.3 Å². The van der Waals surface area contributed by atoms with Gasteiger partial charge in [0, 0.05) is 16.8 Å². The van der Waals surface area contributed by atoms with Crippen molar-refractivity contribution in [2.75, 3.05) is 32.7 Å². The molecule has 2 heterocycles. The van der Waals surface area contributed by atoms with Crippen molar-refractivity contribution in [2.24, 2.45) is 0 Å². The SMILES string of the molecule is CC(=O)c1c(C)[nH]c(C(=O)C[NH+]2CC[NH+](Cc3cccc(C(F)(F)F)c3)CC2)c1C. The molecule has 2 aromatic rings. The van der Waals surface area contributed by atoms with Crippen molar-refractivity contribution in [3.63, 3.8) is 0 Å². The standard InChI is InChI=1S/C22H26F3N3O2/c1-14-20(16(3)29)15(2)26-21(14)19(30)13-28-9-7-27(8-10-28)12-17-5-4-6-18(11-17)22(23,24)25/h4-6,11,26H,7-10,12-13H2,1-3H3/p+2. The van der Waals surface area contributed by atoms with E-state index < -0.39 is 11.7 Å². The van der Waals surface area contributed by atoms with Crippen LogP contribution < -0.4 is 9.80 Å². The smallest absolute Gasteiger partial charge is 0.355 e. The Morgan fingerprint density at radius 1 is 1.07 bits per heavy atom. The molecule has 0 amide bonds. The third-order valence-electron chi connectivity index (χ3n) is 5.85. The molecule has 0 bridgehead atoms. The van der Waals surface area contributed by atoms with E-state index in [1.807, 2.05) is 0 Å². The number of ketones is 2. The van der Waals surface area contributed by atoms with E-state index in [-0.39, 0.29) is 11.6 Å². The molecule has 1 aliphatic rings. The molecule has 5 nitrogen and oxygen atoms in total. The average Bonchev–Trinajstić information content (AvgIpc) is 2.97. The fraction of sp³-hybridized carbons (Fsp3) is 0.455. The Morgan fingerprint density at radius 2 is 1.70 bits per heavy atom. The van der Waals surface area contributed by atoms with Gasteiger partial charge in [-0.2, -0.15) is 13.2 Å². The summed E-state index contributed by atoms with van der Waals surface area (Å²) in [6, 6.07) is 5.49. The van der Waals surface area contributed by atoms with Crippen molar-refractivity contribution < 1.29 is 32.6 Å². The Hall–Kier alpha value is -2.45. The van der Waals surface area contributed by atoms with Crippen molar-refractivity contribution >= 4 is 11.6 Å². The molecule has 1 aromatic carbocycles. The minimum atomic E-state index is -4.33. The highest BCUT2D eigenvalue weighted by atomic mass is 19.4. The molecule has 0 spiro atoms. The first-order valence-corrected chi connectivity index (χ1v) is 10.1. The number of aromatic amines is 1. The molecule has 1 aromatic heterocycles. The molecule has 0 saturated carbocycles. The van der Waals surface area contributed by atoms with Gasteiger partial charge < -0.3 is 14.8 Å². The van der Waals surface area contributed by atoms with E-state index in [1.165, 1.54) is 24.0 Å². The lowest BCUT2D eigenvalue weighted by Crippen LogP contribution is -3.27. The summed E-state index contributed by atoms with van der Waals surface area (Å²) in [5, 5.41) is 0. The third-order valence-corrected chi connectivity index (χ3v) is 5.85. The Labute approximate surface area is 173 Å². The normalized spacial score (nSPS) is 19.7. The van der Waals surface area contributed by atoms with Crippen LogP contribution in [0.4, 0.5) is 13.2 Å². The van der Waals surface area contributed by atoms with E-state index in [4.69, 9.17) is 0 Å². The monoisotopic (exact) mass is 423 g/mol. The number of halogens is 3. The van der Waals surface area contributed by atoms with Crippen LogP contribution in [0.1, 0.15) is 50.2 Å². The Morgan fingerprint density at radius 3 is 2.27 bits per heavy atom. The van der Waals surface area contributed by atoms with Crippen molar-refractivity contribution in [1.82, 2.24) is 4.98 Å². The minimum absolute atomic E-state index is 0.0144. The van der Waals surface area contributed by atoms with E-state index in [0.717, 1.165) is 37.1 Å². The minimum Gasteiger partial charge on any atom is -0.355 e. The van der Waals surface area contributed by atoms with Crippen LogP contribution in [0, 0.1) is 13.8 Å². The second kappa shape index (κ2) is 8.73. The summed E-state index contributed by atoms with van der Waals surface area (Å²) in [4.78, 5) is 30.0. The highest BCUT2D eigenvalue weighted by Crippen LogP contribution is 2.29. The molecule has 0 aliphatic carbocycles. The molecule has 162 valence electrons. The lowest BCUT2D eigenvalue weighted by molar-refractivity contribution is -1.01. The number of aryl methyl sites for hydroxylation is 1. The van der Waals surface area contributed by atoms with Crippen LogP contribution in [-0.2, 0) is 12.7 Å². The highest BCUT2D eigenvalue weighted by molar-refractivity contribution is 6.03. The Balaban J connectivity index is 1.56. The topological polar surface area (TPSA) is 58.8 Å². The summed E-state index contributed by atoms with van der Waals surface area (Å²) in [6.45, 7) is 9.10. The van der Waals surface area contributed by atoms with Crippen LogP contribution in [0.5, 0.6) is 0 Å². The summed E-state index contributed by atoms with van der Waals surface area (Å²) in [7, 11) is 0. The molecule has 1 fully saturated rings. The second-order valence-electron chi connectivity index (χ2n) is 8.16. The van der Waals surface area contributed by atoms with Crippen LogP contribution in [0.15, 0.2) is 24.3 Å². The number of rotatable bonds is 6. The third kappa shape index (κ3) is 4.99. The summed E-state index contributed by atoms with van der Waals surface area (Å²) < 4.78 is 38.7. The number of H-pyrrole nitrogens is 1. The maximum Gasteiger partial charge on any atom is 0.416 e. The van der Waals surface area contributed by atoms with Gasteiger partial charge in [-0.05, 0) is 38.5 Å². The van der Waals surface area contributed by atoms with Crippen molar-refractivity contribution in [3.05, 3.63) is 57.9 Å². The number of hydrogen-bond acceptors (Lipinski definition) is 2. The number of Topliss-reactive ketones (excluding diaryl/α,β-unsaturated/α-hetero) is 2. The quantitative estimate of drug-likeness (QED) is 0.608. The van der Waals surface area contributed by atoms with Crippen molar-refractivity contribution in [1.29, 1.82) is 0 Å².